The van der Waals surface area contributed by atoms with E-state index in [0.717, 1.165) is 38.8 Å². The first kappa shape index (κ1) is 15.3. The van der Waals surface area contributed by atoms with Gasteiger partial charge in [0, 0.05) is 13.1 Å². The van der Waals surface area contributed by atoms with E-state index in [1.165, 1.54) is 0 Å². The van der Waals surface area contributed by atoms with Gasteiger partial charge in [0.05, 0.1) is 12.1 Å². The molecule has 0 aromatic carbocycles. The van der Waals surface area contributed by atoms with Crippen molar-refractivity contribution in [2.75, 3.05) is 29.9 Å². The topological polar surface area (TPSA) is 74.2 Å². The number of halogens is 1. The first-order valence-corrected chi connectivity index (χ1v) is 7.56. The predicted molar refractivity (Wildman–Crippen MR) is 80.3 cm³/mol. The van der Waals surface area contributed by atoms with Gasteiger partial charge in [-0.2, -0.15) is 15.0 Å². The minimum Gasteiger partial charge on any atom is -0.394 e. The highest BCUT2D eigenvalue weighted by Gasteiger charge is 2.27. The third kappa shape index (κ3) is 3.30. The van der Waals surface area contributed by atoms with Crippen LogP contribution in [0.4, 0.5) is 11.9 Å². The number of hydrogen-bond acceptors (Lipinski definition) is 6. The van der Waals surface area contributed by atoms with E-state index in [4.69, 9.17) is 11.6 Å². The zero-order valence-electron chi connectivity index (χ0n) is 12.1. The van der Waals surface area contributed by atoms with Crippen LogP contribution in [0.1, 0.15) is 39.5 Å². The maximum atomic E-state index is 9.61. The second-order valence-corrected chi connectivity index (χ2v) is 5.53. The molecule has 0 atom stereocenters. The third-order valence-electron chi connectivity index (χ3n) is 4.02. The van der Waals surface area contributed by atoms with Crippen molar-refractivity contribution < 1.29 is 5.11 Å². The molecule has 1 aliphatic rings. The molecule has 2 rings (SSSR count). The first-order chi connectivity index (χ1) is 9.62. The van der Waals surface area contributed by atoms with E-state index in [-0.39, 0.29) is 11.9 Å². The predicted octanol–water partition coefficient (Wildman–Crippen LogP) is 2.09. The van der Waals surface area contributed by atoms with Crippen LogP contribution in [0.5, 0.6) is 0 Å². The summed E-state index contributed by atoms with van der Waals surface area (Å²) in [7, 11) is 0. The summed E-state index contributed by atoms with van der Waals surface area (Å²) in [5.41, 5.74) is -0.410. The molecule has 0 saturated carbocycles. The maximum Gasteiger partial charge on any atom is 0.231 e. The lowest BCUT2D eigenvalue weighted by Gasteiger charge is -2.30. The van der Waals surface area contributed by atoms with Gasteiger partial charge in [-0.1, -0.05) is 13.8 Å². The summed E-state index contributed by atoms with van der Waals surface area (Å²) in [5, 5.41) is 13.0. The standard InChI is InChI=1S/C13H22ClN5O/c1-3-13(4-2,9-20)18-11-15-10(14)16-12(17-11)19-7-5-6-8-19/h20H,3-9H2,1-2H3,(H,15,16,17,18). The fourth-order valence-corrected chi connectivity index (χ4v) is 2.54. The SMILES string of the molecule is CCC(CC)(CO)Nc1nc(Cl)nc(N2CCCC2)n1. The lowest BCUT2D eigenvalue weighted by molar-refractivity contribution is 0.201. The summed E-state index contributed by atoms with van der Waals surface area (Å²) in [6.45, 7) is 5.98. The number of anilines is 2. The molecule has 0 aliphatic carbocycles. The lowest BCUT2D eigenvalue weighted by atomic mass is 9.94. The van der Waals surface area contributed by atoms with Crippen molar-refractivity contribution in [1.29, 1.82) is 0 Å². The smallest absolute Gasteiger partial charge is 0.231 e. The molecule has 2 heterocycles. The average molecular weight is 300 g/mol. The molecule has 1 aliphatic heterocycles. The Morgan fingerprint density at radius 3 is 2.40 bits per heavy atom. The van der Waals surface area contributed by atoms with Gasteiger partial charge >= 0.3 is 0 Å². The molecule has 0 radical (unpaired) electrons. The quantitative estimate of drug-likeness (QED) is 0.838. The Bertz CT molecular complexity index is 438. The molecule has 0 spiro atoms. The molecule has 1 aromatic rings. The summed E-state index contributed by atoms with van der Waals surface area (Å²) < 4.78 is 0. The van der Waals surface area contributed by atoms with Crippen LogP contribution in [-0.4, -0.2) is 45.3 Å². The van der Waals surface area contributed by atoms with E-state index in [2.05, 4.69) is 25.2 Å². The van der Waals surface area contributed by atoms with Crippen molar-refractivity contribution in [3.05, 3.63) is 5.28 Å². The van der Waals surface area contributed by atoms with E-state index >= 15 is 0 Å². The van der Waals surface area contributed by atoms with E-state index < -0.39 is 5.54 Å². The second-order valence-electron chi connectivity index (χ2n) is 5.19. The number of nitrogens with one attached hydrogen (secondary N) is 1. The molecule has 0 amide bonds. The van der Waals surface area contributed by atoms with Gasteiger partial charge < -0.3 is 15.3 Å². The fourth-order valence-electron chi connectivity index (χ4n) is 2.38. The molecule has 7 heteroatoms. The Hall–Kier alpha value is -1.14. The van der Waals surface area contributed by atoms with Crippen molar-refractivity contribution >= 4 is 23.5 Å². The number of aromatic nitrogens is 3. The second kappa shape index (κ2) is 6.54. The molecule has 6 nitrogen and oxygen atoms in total. The molecule has 1 fully saturated rings. The van der Waals surface area contributed by atoms with Gasteiger partial charge in [-0.15, -0.1) is 0 Å². The van der Waals surface area contributed by atoms with E-state index in [1.54, 1.807) is 0 Å². The van der Waals surface area contributed by atoms with Crippen molar-refractivity contribution in [3.8, 4) is 0 Å². The number of aliphatic hydroxyl groups excluding tert-OH is 1. The molecule has 0 bridgehead atoms. The highest BCUT2D eigenvalue weighted by Crippen LogP contribution is 2.23. The zero-order chi connectivity index (χ0) is 14.6. The van der Waals surface area contributed by atoms with E-state index in [0.29, 0.717) is 11.9 Å². The Morgan fingerprint density at radius 1 is 1.20 bits per heavy atom. The van der Waals surface area contributed by atoms with Gasteiger partial charge in [0.15, 0.2) is 0 Å². The van der Waals surface area contributed by atoms with Crippen LogP contribution in [0.15, 0.2) is 0 Å². The monoisotopic (exact) mass is 299 g/mol. The zero-order valence-corrected chi connectivity index (χ0v) is 12.8. The van der Waals surface area contributed by atoms with Crippen LogP contribution < -0.4 is 10.2 Å². The minimum atomic E-state index is -0.410. The van der Waals surface area contributed by atoms with Crippen LogP contribution in [-0.2, 0) is 0 Å². The number of aliphatic hydroxyl groups is 1. The highest BCUT2D eigenvalue weighted by atomic mass is 35.5. The summed E-state index contributed by atoms with van der Waals surface area (Å²) in [6, 6.07) is 0. The van der Waals surface area contributed by atoms with Crippen molar-refractivity contribution in [2.45, 2.75) is 45.1 Å². The molecule has 1 aromatic heterocycles. The van der Waals surface area contributed by atoms with Crippen LogP contribution in [0.25, 0.3) is 0 Å². The van der Waals surface area contributed by atoms with Crippen LogP contribution in [0.3, 0.4) is 0 Å². The van der Waals surface area contributed by atoms with Crippen molar-refractivity contribution in [3.63, 3.8) is 0 Å². The molecular formula is C13H22ClN5O. The maximum absolute atomic E-state index is 9.61. The Morgan fingerprint density at radius 2 is 1.85 bits per heavy atom. The molecule has 0 unspecified atom stereocenters. The highest BCUT2D eigenvalue weighted by molar-refractivity contribution is 6.28. The van der Waals surface area contributed by atoms with Crippen LogP contribution in [0.2, 0.25) is 5.28 Å². The largest absolute Gasteiger partial charge is 0.394 e. The normalized spacial score (nSPS) is 15.7. The molecule has 2 N–H and O–H groups in total. The Balaban J connectivity index is 2.23. The average Bonchev–Trinajstić information content (AvgIpc) is 2.98. The Labute approximate surface area is 124 Å². The summed E-state index contributed by atoms with van der Waals surface area (Å²) in [5.74, 6) is 1.05. The van der Waals surface area contributed by atoms with Crippen LogP contribution >= 0.6 is 11.6 Å². The van der Waals surface area contributed by atoms with Crippen molar-refractivity contribution in [2.24, 2.45) is 0 Å². The van der Waals surface area contributed by atoms with E-state index in [9.17, 15) is 5.11 Å². The van der Waals surface area contributed by atoms with Gasteiger partial charge in [-0.05, 0) is 37.3 Å². The minimum absolute atomic E-state index is 0.0301. The van der Waals surface area contributed by atoms with Gasteiger partial charge in [0.2, 0.25) is 17.2 Å². The number of nitrogens with zero attached hydrogens (tertiary/aromatic N) is 4. The first-order valence-electron chi connectivity index (χ1n) is 7.18. The summed E-state index contributed by atoms with van der Waals surface area (Å²) >= 11 is 6.00. The fraction of sp³-hybridized carbons (Fsp3) is 0.769. The number of hydrogen-bond donors (Lipinski definition) is 2. The molecule has 20 heavy (non-hydrogen) atoms. The van der Waals surface area contributed by atoms with Crippen molar-refractivity contribution in [1.82, 2.24) is 15.0 Å². The molecule has 112 valence electrons. The Kier molecular flexibility index (Phi) is 4.99. The van der Waals surface area contributed by atoms with E-state index in [1.807, 2.05) is 13.8 Å². The lowest BCUT2D eigenvalue weighted by Crippen LogP contribution is -2.41. The van der Waals surface area contributed by atoms with Gasteiger partial charge in [-0.3, -0.25) is 0 Å². The molecule has 1 saturated heterocycles. The van der Waals surface area contributed by atoms with Gasteiger partial charge in [0.25, 0.3) is 0 Å². The summed E-state index contributed by atoms with van der Waals surface area (Å²) in [4.78, 5) is 14.9. The third-order valence-corrected chi connectivity index (χ3v) is 4.19. The van der Waals surface area contributed by atoms with Gasteiger partial charge in [0.1, 0.15) is 0 Å². The molecular weight excluding hydrogens is 278 g/mol. The number of rotatable bonds is 6. The summed E-state index contributed by atoms with van der Waals surface area (Å²) in [6.07, 6.45) is 3.86. The van der Waals surface area contributed by atoms with Gasteiger partial charge in [-0.25, -0.2) is 0 Å². The van der Waals surface area contributed by atoms with Crippen LogP contribution in [0, 0.1) is 0 Å².